The van der Waals surface area contributed by atoms with Crippen LogP contribution in [-0.2, 0) is 9.53 Å². The summed E-state index contributed by atoms with van der Waals surface area (Å²) in [5.74, 6) is 1.11. The number of aliphatic hydroxyl groups excluding tert-OH is 1. The molecule has 2 saturated heterocycles. The van der Waals surface area contributed by atoms with Gasteiger partial charge in [-0.25, -0.2) is 0 Å². The van der Waals surface area contributed by atoms with Crippen LogP contribution in [0.25, 0.3) is 0 Å². The van der Waals surface area contributed by atoms with Gasteiger partial charge in [0.25, 0.3) is 0 Å². The number of carbonyl (C=O) groups excluding carboxylic acids is 1. The maximum absolute atomic E-state index is 12.6. The lowest BCUT2D eigenvalue weighted by molar-refractivity contribution is -0.337. The van der Waals surface area contributed by atoms with E-state index in [1.54, 1.807) is 6.08 Å². The zero-order chi connectivity index (χ0) is 23.8. The van der Waals surface area contributed by atoms with Crippen molar-refractivity contribution in [3.05, 3.63) is 12.2 Å². The van der Waals surface area contributed by atoms with Gasteiger partial charge in [-0.15, -0.1) is 13.2 Å². The third kappa shape index (κ3) is 6.07. The van der Waals surface area contributed by atoms with Gasteiger partial charge in [0.2, 0.25) is 5.91 Å². The molecule has 0 bridgehead atoms. The first-order valence-corrected chi connectivity index (χ1v) is 12.0. The van der Waals surface area contributed by atoms with E-state index in [0.717, 1.165) is 12.8 Å². The molecule has 2 aliphatic carbocycles. The Morgan fingerprint density at radius 2 is 1.94 bits per heavy atom. The molecule has 33 heavy (non-hydrogen) atoms. The first-order chi connectivity index (χ1) is 15.6. The monoisotopic (exact) mass is 475 g/mol. The van der Waals surface area contributed by atoms with Gasteiger partial charge in [0.1, 0.15) is 6.04 Å². The smallest absolute Gasteiger partial charge is 0.361 e. The molecule has 2 heterocycles. The van der Waals surface area contributed by atoms with Gasteiger partial charge in [-0.1, -0.05) is 26.0 Å². The van der Waals surface area contributed by atoms with Crippen molar-refractivity contribution < 1.29 is 27.8 Å². The normalized spacial score (nSPS) is 41.9. The number of nitrogens with zero attached hydrogens (tertiary/aromatic N) is 1. The Bertz CT molecular complexity index is 724. The lowest BCUT2D eigenvalue weighted by Crippen LogP contribution is -2.80. The average Bonchev–Trinajstić information content (AvgIpc) is 2.72. The molecular weight excluding hydrogens is 439 g/mol. The number of carbonyl (C=O) groups is 1. The standard InChI is InChI=1S/C22H36F3N5O3/c1-12-9-16-17(10-13(12)2)30(19-18(27-16)20(31)29-21(32)28-19)8-7-26-11-14-3-5-15(6-4-14)33-22(23,24)25/h3,5,12-19,21,26-28,32H,4,6-11H2,1-2H3,(H,29,31)/t12?,13?,14?,15?,16?,17?,18?,19-,21?/m0/s1. The number of alkyl halides is 3. The predicted molar refractivity (Wildman–Crippen MR) is 116 cm³/mol. The Kier molecular flexibility index (Phi) is 7.66. The molecule has 8 unspecified atom stereocenters. The fraction of sp³-hybridized carbons (Fsp3) is 0.864. The minimum Gasteiger partial charge on any atom is -0.361 e. The molecule has 1 amide bonds. The fourth-order valence-electron chi connectivity index (χ4n) is 5.76. The molecule has 188 valence electrons. The van der Waals surface area contributed by atoms with E-state index in [4.69, 9.17) is 0 Å². The summed E-state index contributed by atoms with van der Waals surface area (Å²) in [6.07, 6.45) is -0.568. The van der Waals surface area contributed by atoms with Crippen LogP contribution in [0.15, 0.2) is 12.2 Å². The van der Waals surface area contributed by atoms with E-state index in [-0.39, 0.29) is 30.1 Å². The minimum atomic E-state index is -4.61. The number of nitrogens with one attached hydrogen (secondary N) is 4. The SMILES string of the molecule is CC1CC2NC3C(=O)NC(O)N[C@H]3N(CCNCC3C=CC(OC(F)(F)F)CC3)C2CC1C. The Labute approximate surface area is 192 Å². The van der Waals surface area contributed by atoms with E-state index < -0.39 is 24.9 Å². The maximum Gasteiger partial charge on any atom is 0.523 e. The second-order valence-electron chi connectivity index (χ2n) is 10.0. The summed E-state index contributed by atoms with van der Waals surface area (Å²) in [6.45, 7) is 6.58. The average molecular weight is 476 g/mol. The summed E-state index contributed by atoms with van der Waals surface area (Å²) < 4.78 is 41.2. The van der Waals surface area contributed by atoms with Gasteiger partial charge in [-0.3, -0.25) is 25.1 Å². The van der Waals surface area contributed by atoms with Crippen LogP contribution in [0.3, 0.4) is 0 Å². The van der Waals surface area contributed by atoms with E-state index in [1.807, 2.05) is 0 Å². The van der Waals surface area contributed by atoms with Crippen molar-refractivity contribution in [3.8, 4) is 0 Å². The summed E-state index contributed by atoms with van der Waals surface area (Å²) in [6, 6.07) is 0.0499. The van der Waals surface area contributed by atoms with Crippen molar-refractivity contribution in [2.75, 3.05) is 19.6 Å². The summed E-state index contributed by atoms with van der Waals surface area (Å²) >= 11 is 0. The number of hydrogen-bond acceptors (Lipinski definition) is 7. The first-order valence-electron chi connectivity index (χ1n) is 12.0. The zero-order valence-electron chi connectivity index (χ0n) is 19.1. The quantitative estimate of drug-likeness (QED) is 0.287. The van der Waals surface area contributed by atoms with Crippen LogP contribution in [0.1, 0.15) is 39.5 Å². The molecule has 8 nitrogen and oxygen atoms in total. The van der Waals surface area contributed by atoms with Crippen LogP contribution in [0.4, 0.5) is 13.2 Å². The topological polar surface area (TPSA) is 97.9 Å². The molecule has 3 fully saturated rings. The van der Waals surface area contributed by atoms with Gasteiger partial charge < -0.3 is 15.7 Å². The van der Waals surface area contributed by atoms with Gasteiger partial charge in [0, 0.05) is 31.7 Å². The van der Waals surface area contributed by atoms with Crippen LogP contribution in [0, 0.1) is 17.8 Å². The van der Waals surface area contributed by atoms with Crippen LogP contribution < -0.4 is 21.3 Å². The highest BCUT2D eigenvalue weighted by Gasteiger charge is 2.50. The predicted octanol–water partition coefficient (Wildman–Crippen LogP) is 0.846. The van der Waals surface area contributed by atoms with Gasteiger partial charge >= 0.3 is 6.36 Å². The van der Waals surface area contributed by atoms with Gasteiger partial charge in [-0.05, 0) is 43.4 Å². The molecule has 0 aromatic heterocycles. The minimum absolute atomic E-state index is 0.164. The molecule has 0 spiro atoms. The van der Waals surface area contributed by atoms with E-state index in [0.29, 0.717) is 44.3 Å². The third-order valence-electron chi connectivity index (χ3n) is 7.72. The number of hydrogen-bond donors (Lipinski definition) is 5. The van der Waals surface area contributed by atoms with Crippen LogP contribution >= 0.6 is 0 Å². The van der Waals surface area contributed by atoms with E-state index in [9.17, 15) is 23.1 Å². The maximum atomic E-state index is 12.6. The number of aliphatic hydroxyl groups is 1. The lowest BCUT2D eigenvalue weighted by atomic mass is 9.73. The summed E-state index contributed by atoms with van der Waals surface area (Å²) in [4.78, 5) is 14.9. The van der Waals surface area contributed by atoms with Crippen molar-refractivity contribution in [2.45, 2.75) is 82.6 Å². The number of rotatable bonds is 6. The Morgan fingerprint density at radius 1 is 1.18 bits per heavy atom. The Morgan fingerprint density at radius 3 is 2.64 bits per heavy atom. The van der Waals surface area contributed by atoms with Crippen molar-refractivity contribution in [1.82, 2.24) is 26.2 Å². The Balaban J connectivity index is 1.32. The highest BCUT2D eigenvalue weighted by molar-refractivity contribution is 5.83. The van der Waals surface area contributed by atoms with E-state index in [2.05, 4.69) is 44.8 Å². The number of piperazine rings is 1. The highest BCUT2D eigenvalue weighted by Crippen LogP contribution is 2.36. The number of amides is 1. The molecule has 0 aromatic rings. The van der Waals surface area contributed by atoms with Crippen LogP contribution in [0.5, 0.6) is 0 Å². The van der Waals surface area contributed by atoms with Crippen LogP contribution in [0.2, 0.25) is 0 Å². The summed E-state index contributed by atoms with van der Waals surface area (Å²) in [7, 11) is 0. The zero-order valence-corrected chi connectivity index (χ0v) is 19.1. The molecule has 9 atom stereocenters. The number of ether oxygens (including phenoxy) is 1. The molecular formula is C22H36F3N5O3. The highest BCUT2D eigenvalue weighted by atomic mass is 19.4. The molecule has 11 heteroatoms. The fourth-order valence-corrected chi connectivity index (χ4v) is 5.76. The molecule has 1 saturated carbocycles. The number of halogens is 3. The molecule has 0 radical (unpaired) electrons. The van der Waals surface area contributed by atoms with Crippen LogP contribution in [-0.4, -0.2) is 78.7 Å². The van der Waals surface area contributed by atoms with Crippen molar-refractivity contribution in [1.29, 1.82) is 0 Å². The van der Waals surface area contributed by atoms with E-state index in [1.165, 1.54) is 6.08 Å². The van der Waals surface area contributed by atoms with Gasteiger partial charge in [0.15, 0.2) is 6.35 Å². The third-order valence-corrected chi connectivity index (χ3v) is 7.72. The van der Waals surface area contributed by atoms with Crippen molar-refractivity contribution in [2.24, 2.45) is 17.8 Å². The molecule has 5 N–H and O–H groups in total. The Hall–Kier alpha value is -1.24. The van der Waals surface area contributed by atoms with Gasteiger partial charge in [-0.2, -0.15) is 0 Å². The molecule has 4 aliphatic rings. The lowest BCUT2D eigenvalue weighted by Gasteiger charge is -2.56. The first kappa shape index (κ1) is 24.9. The molecule has 4 rings (SSSR count). The summed E-state index contributed by atoms with van der Waals surface area (Å²) in [5, 5.41) is 22.7. The summed E-state index contributed by atoms with van der Waals surface area (Å²) in [5.41, 5.74) is 0. The molecule has 0 aromatic carbocycles. The number of fused-ring (bicyclic) bond motifs is 2. The van der Waals surface area contributed by atoms with Crippen molar-refractivity contribution >= 4 is 5.91 Å². The van der Waals surface area contributed by atoms with Gasteiger partial charge in [0.05, 0.1) is 12.3 Å². The largest absolute Gasteiger partial charge is 0.523 e. The molecule has 2 aliphatic heterocycles. The second kappa shape index (κ2) is 10.2. The second-order valence-corrected chi connectivity index (χ2v) is 10.0. The van der Waals surface area contributed by atoms with E-state index >= 15 is 0 Å². The van der Waals surface area contributed by atoms with Crippen molar-refractivity contribution in [3.63, 3.8) is 0 Å².